The van der Waals surface area contributed by atoms with Crippen LogP contribution in [0.3, 0.4) is 0 Å². The fourth-order valence-corrected chi connectivity index (χ4v) is 3.25. The molecule has 136 valence electrons. The van der Waals surface area contributed by atoms with Crippen LogP contribution in [0.5, 0.6) is 11.5 Å². The Bertz CT molecular complexity index is 724. The van der Waals surface area contributed by atoms with Crippen LogP contribution in [-0.2, 0) is 15.0 Å². The molecule has 1 aromatic rings. The lowest BCUT2D eigenvalue weighted by Crippen LogP contribution is -2.30. The Morgan fingerprint density at radius 2 is 1.96 bits per heavy atom. The summed E-state index contributed by atoms with van der Waals surface area (Å²) >= 11 is 0. The predicted octanol–water partition coefficient (Wildman–Crippen LogP) is 4.78. The van der Waals surface area contributed by atoms with E-state index in [1.807, 2.05) is 6.92 Å². The van der Waals surface area contributed by atoms with Crippen LogP contribution in [0.1, 0.15) is 71.4 Å². The first-order valence-electron chi connectivity index (χ1n) is 8.71. The van der Waals surface area contributed by atoms with E-state index in [1.165, 1.54) is 0 Å². The Morgan fingerprint density at radius 1 is 1.32 bits per heavy atom. The van der Waals surface area contributed by atoms with E-state index in [-0.39, 0.29) is 22.9 Å². The van der Waals surface area contributed by atoms with Gasteiger partial charge in [-0.1, -0.05) is 13.5 Å². The van der Waals surface area contributed by atoms with Crippen LogP contribution in [0.15, 0.2) is 18.7 Å². The number of allylic oxidation sites excluding steroid dienone is 1. The van der Waals surface area contributed by atoms with E-state index < -0.39 is 5.41 Å². The van der Waals surface area contributed by atoms with E-state index in [2.05, 4.69) is 6.58 Å². The molecule has 0 aromatic heterocycles. The number of carbonyl (C=O) groups excluding carboxylic acids is 2. The largest absolute Gasteiger partial charge is 0.507 e. The maximum Gasteiger partial charge on any atom is 0.316 e. The number of phenolic OH excluding ortho intramolecular Hbond substituents is 1. The van der Waals surface area contributed by atoms with Gasteiger partial charge in [-0.25, -0.2) is 0 Å². The van der Waals surface area contributed by atoms with Crippen LogP contribution >= 0.6 is 0 Å². The highest BCUT2D eigenvalue weighted by atomic mass is 16.5. The van der Waals surface area contributed by atoms with Gasteiger partial charge in [-0.05, 0) is 69.2 Å². The molecule has 25 heavy (non-hydrogen) atoms. The minimum Gasteiger partial charge on any atom is -0.507 e. The van der Waals surface area contributed by atoms with Gasteiger partial charge in [-0.15, -0.1) is 0 Å². The number of Topliss-reactive ketones (excluding diaryl/α,β-unsaturated/α-hetero) is 1. The third-order valence-electron chi connectivity index (χ3n) is 4.79. The highest BCUT2D eigenvalue weighted by Gasteiger charge is 2.35. The maximum absolute atomic E-state index is 12.4. The summed E-state index contributed by atoms with van der Waals surface area (Å²) in [5, 5.41) is 10.5. The molecule has 1 atom stereocenters. The molecule has 1 fully saturated rings. The molecule has 4 heteroatoms. The molecular formula is C21H28O4. The number of hydrogen-bond acceptors (Lipinski definition) is 4. The molecule has 1 N–H and O–H groups in total. The summed E-state index contributed by atoms with van der Waals surface area (Å²) < 4.78 is 5.61. The van der Waals surface area contributed by atoms with Crippen LogP contribution in [0.2, 0.25) is 0 Å². The molecule has 0 bridgehead atoms. The maximum atomic E-state index is 12.4. The molecule has 0 heterocycles. The second kappa shape index (κ2) is 6.66. The minimum atomic E-state index is -0.664. The van der Waals surface area contributed by atoms with Crippen molar-refractivity contribution < 1.29 is 19.4 Å². The van der Waals surface area contributed by atoms with Crippen molar-refractivity contribution in [2.45, 2.75) is 65.7 Å². The molecule has 0 amide bonds. The number of benzene rings is 1. The Morgan fingerprint density at radius 3 is 2.48 bits per heavy atom. The van der Waals surface area contributed by atoms with Gasteiger partial charge >= 0.3 is 5.97 Å². The summed E-state index contributed by atoms with van der Waals surface area (Å²) in [6.07, 6.45) is 2.73. The summed E-state index contributed by atoms with van der Waals surface area (Å²) in [5.74, 6) is 0.185. The zero-order valence-electron chi connectivity index (χ0n) is 15.9. The van der Waals surface area contributed by atoms with Gasteiger partial charge in [0.1, 0.15) is 17.3 Å². The number of ether oxygens (including phenoxy) is 1. The quantitative estimate of drug-likeness (QED) is 0.633. The molecule has 1 saturated carbocycles. The van der Waals surface area contributed by atoms with E-state index >= 15 is 0 Å². The van der Waals surface area contributed by atoms with Gasteiger partial charge in [0.2, 0.25) is 0 Å². The number of aromatic hydroxyl groups is 1. The van der Waals surface area contributed by atoms with Gasteiger partial charge in [0, 0.05) is 12.8 Å². The van der Waals surface area contributed by atoms with Gasteiger partial charge in [0.25, 0.3) is 0 Å². The SMILES string of the molecule is C=C(C)c1c(O)cc([C@]2(C)CCCC(=O)C2)cc1OC(=O)C(C)(C)C. The highest BCUT2D eigenvalue weighted by Crippen LogP contribution is 2.44. The normalized spacial score (nSPS) is 21.1. The summed E-state index contributed by atoms with van der Waals surface area (Å²) in [6, 6.07) is 3.46. The van der Waals surface area contributed by atoms with Crippen LogP contribution in [0.4, 0.5) is 0 Å². The zero-order chi connectivity index (χ0) is 19.0. The molecule has 0 radical (unpaired) electrons. The Kier molecular flexibility index (Phi) is 5.12. The molecule has 0 saturated heterocycles. The van der Waals surface area contributed by atoms with Crippen molar-refractivity contribution in [1.82, 2.24) is 0 Å². The van der Waals surface area contributed by atoms with Gasteiger partial charge in [0.15, 0.2) is 0 Å². The van der Waals surface area contributed by atoms with Crippen LogP contribution in [0.25, 0.3) is 5.57 Å². The molecule has 0 unspecified atom stereocenters. The van der Waals surface area contributed by atoms with Crippen molar-refractivity contribution in [2.24, 2.45) is 5.41 Å². The van der Waals surface area contributed by atoms with Crippen molar-refractivity contribution >= 4 is 17.3 Å². The molecule has 4 nitrogen and oxygen atoms in total. The van der Waals surface area contributed by atoms with Gasteiger partial charge in [-0.2, -0.15) is 0 Å². The fraction of sp³-hybridized carbons (Fsp3) is 0.524. The third kappa shape index (κ3) is 4.12. The number of phenols is 1. The second-order valence-electron chi connectivity index (χ2n) is 8.42. The average Bonchev–Trinajstić information content (AvgIpc) is 2.44. The van der Waals surface area contributed by atoms with Crippen molar-refractivity contribution in [2.75, 3.05) is 0 Å². The first-order valence-corrected chi connectivity index (χ1v) is 8.71. The lowest BCUT2D eigenvalue weighted by Gasteiger charge is -2.34. The second-order valence-corrected chi connectivity index (χ2v) is 8.42. The van der Waals surface area contributed by atoms with E-state index in [1.54, 1.807) is 39.8 Å². The van der Waals surface area contributed by atoms with E-state index in [4.69, 9.17) is 4.74 Å². The smallest absolute Gasteiger partial charge is 0.316 e. The van der Waals surface area contributed by atoms with E-state index in [9.17, 15) is 14.7 Å². The first-order chi connectivity index (χ1) is 11.4. The summed E-state index contributed by atoms with van der Waals surface area (Å²) in [5.41, 5.74) is 0.851. The summed E-state index contributed by atoms with van der Waals surface area (Å²) in [6.45, 7) is 13.0. The Labute approximate surface area is 149 Å². The van der Waals surface area contributed by atoms with Crippen LogP contribution in [-0.4, -0.2) is 16.9 Å². The zero-order valence-corrected chi connectivity index (χ0v) is 15.9. The number of esters is 1. The van der Waals surface area contributed by atoms with Crippen LogP contribution in [0, 0.1) is 5.41 Å². The van der Waals surface area contributed by atoms with Gasteiger partial charge in [-0.3, -0.25) is 9.59 Å². The van der Waals surface area contributed by atoms with Crippen molar-refractivity contribution in [1.29, 1.82) is 0 Å². The van der Waals surface area contributed by atoms with E-state index in [0.717, 1.165) is 18.4 Å². The molecule has 1 aliphatic carbocycles. The minimum absolute atomic E-state index is 0.0287. The topological polar surface area (TPSA) is 63.6 Å². The predicted molar refractivity (Wildman–Crippen MR) is 98.7 cm³/mol. The first kappa shape index (κ1) is 19.2. The number of hydrogen-bond donors (Lipinski definition) is 1. The van der Waals surface area contributed by atoms with E-state index in [0.29, 0.717) is 29.7 Å². The number of ketones is 1. The Hall–Kier alpha value is -2.10. The van der Waals surface area contributed by atoms with Crippen molar-refractivity contribution in [3.8, 4) is 11.5 Å². The Balaban J connectivity index is 2.53. The number of carbonyl (C=O) groups is 2. The number of rotatable bonds is 3. The van der Waals surface area contributed by atoms with Crippen molar-refractivity contribution in [3.05, 3.63) is 29.8 Å². The molecule has 2 rings (SSSR count). The molecular weight excluding hydrogens is 316 g/mol. The van der Waals surface area contributed by atoms with Crippen LogP contribution < -0.4 is 4.74 Å². The van der Waals surface area contributed by atoms with Crippen molar-refractivity contribution in [3.63, 3.8) is 0 Å². The third-order valence-corrected chi connectivity index (χ3v) is 4.79. The monoisotopic (exact) mass is 344 g/mol. The molecule has 1 aromatic carbocycles. The van der Waals surface area contributed by atoms with Gasteiger partial charge < -0.3 is 9.84 Å². The lowest BCUT2D eigenvalue weighted by molar-refractivity contribution is -0.143. The molecule has 0 spiro atoms. The summed E-state index contributed by atoms with van der Waals surface area (Å²) in [4.78, 5) is 24.3. The van der Waals surface area contributed by atoms with Gasteiger partial charge in [0.05, 0.1) is 11.0 Å². The summed E-state index contributed by atoms with van der Waals surface area (Å²) in [7, 11) is 0. The average molecular weight is 344 g/mol. The molecule has 1 aliphatic rings. The highest BCUT2D eigenvalue weighted by molar-refractivity contribution is 5.83. The lowest BCUT2D eigenvalue weighted by atomic mass is 9.70. The molecule has 0 aliphatic heterocycles. The fourth-order valence-electron chi connectivity index (χ4n) is 3.25. The standard InChI is InChI=1S/C21H28O4/c1-13(2)18-16(23)10-14(21(6)9-7-8-15(22)12-21)11-17(18)25-19(24)20(3,4)5/h10-11,23H,1,7-9,12H2,2-6H3/t21-/m1/s1.